The lowest BCUT2D eigenvalue weighted by atomic mass is 9.98. The molecular weight excluding hydrogens is 349 g/mol. The number of halogens is 1. The number of esters is 1. The molecular formula is C21H24FNO4. The summed E-state index contributed by atoms with van der Waals surface area (Å²) in [5.41, 5.74) is 1.56. The number of aromatic nitrogens is 1. The van der Waals surface area contributed by atoms with Crippen LogP contribution in [0.25, 0.3) is 11.1 Å². The van der Waals surface area contributed by atoms with Gasteiger partial charge >= 0.3 is 5.97 Å². The summed E-state index contributed by atoms with van der Waals surface area (Å²) < 4.78 is 23.6. The lowest BCUT2D eigenvalue weighted by molar-refractivity contribution is -0.137. The van der Waals surface area contributed by atoms with E-state index >= 15 is 0 Å². The van der Waals surface area contributed by atoms with Crippen molar-refractivity contribution in [3.8, 4) is 17.0 Å². The Labute approximate surface area is 158 Å². The molecule has 0 aliphatic heterocycles. The van der Waals surface area contributed by atoms with Gasteiger partial charge in [-0.2, -0.15) is 0 Å². The molecule has 1 aromatic heterocycles. The average molecular weight is 373 g/mol. The SMILES string of the molecule is COC(C)=O.O=Cc1ccc(-c2ccc(OC3CCCCC3)nc2)cc1F. The summed E-state index contributed by atoms with van der Waals surface area (Å²) in [5, 5.41) is 0. The van der Waals surface area contributed by atoms with Crippen LogP contribution in [0.1, 0.15) is 49.4 Å². The molecule has 1 fully saturated rings. The number of rotatable bonds is 4. The Morgan fingerprint density at radius 2 is 1.81 bits per heavy atom. The van der Waals surface area contributed by atoms with Gasteiger partial charge in [0.2, 0.25) is 5.88 Å². The molecule has 0 bridgehead atoms. The minimum atomic E-state index is -0.518. The van der Waals surface area contributed by atoms with Gasteiger partial charge in [0, 0.05) is 24.8 Å². The van der Waals surface area contributed by atoms with E-state index < -0.39 is 5.82 Å². The fraction of sp³-hybridized carbons (Fsp3) is 0.381. The fourth-order valence-electron chi connectivity index (χ4n) is 2.78. The maximum atomic E-state index is 13.6. The zero-order valence-corrected chi connectivity index (χ0v) is 15.6. The zero-order valence-electron chi connectivity index (χ0n) is 15.6. The highest BCUT2D eigenvalue weighted by Gasteiger charge is 2.15. The molecule has 144 valence electrons. The Morgan fingerprint density at radius 1 is 1.15 bits per heavy atom. The summed E-state index contributed by atoms with van der Waals surface area (Å²) in [6, 6.07) is 8.22. The second-order valence-corrected chi connectivity index (χ2v) is 6.31. The van der Waals surface area contributed by atoms with Gasteiger partial charge in [0.15, 0.2) is 6.29 Å². The molecule has 0 amide bonds. The van der Waals surface area contributed by atoms with Crippen molar-refractivity contribution in [3.05, 3.63) is 47.9 Å². The highest BCUT2D eigenvalue weighted by Crippen LogP contribution is 2.25. The normalized spacial score (nSPS) is 13.9. The standard InChI is InChI=1S/C18H18FNO2.C3H6O2/c19-17-10-13(6-7-15(17)12-21)14-8-9-18(20-11-14)22-16-4-2-1-3-5-16;1-3(4)5-2/h6-12,16H,1-5H2;1-2H3. The van der Waals surface area contributed by atoms with Gasteiger partial charge in [0.25, 0.3) is 0 Å². The molecule has 1 aliphatic carbocycles. The van der Waals surface area contributed by atoms with Gasteiger partial charge in [-0.05, 0) is 49.4 Å². The van der Waals surface area contributed by atoms with E-state index in [1.165, 1.54) is 45.4 Å². The van der Waals surface area contributed by atoms with Crippen LogP contribution in [-0.2, 0) is 9.53 Å². The largest absolute Gasteiger partial charge is 0.474 e. The Hall–Kier alpha value is -2.76. The number of carbonyl (C=O) groups excluding carboxylic acids is 2. The summed E-state index contributed by atoms with van der Waals surface area (Å²) in [4.78, 5) is 24.5. The number of hydrogen-bond acceptors (Lipinski definition) is 5. The molecule has 0 atom stereocenters. The Bertz CT molecular complexity index is 755. The Balaban J connectivity index is 0.000000465. The van der Waals surface area contributed by atoms with E-state index in [-0.39, 0.29) is 17.6 Å². The Kier molecular flexibility index (Phi) is 7.92. The van der Waals surface area contributed by atoms with Crippen molar-refractivity contribution < 1.29 is 23.5 Å². The molecule has 1 aliphatic rings. The molecule has 1 heterocycles. The van der Waals surface area contributed by atoms with E-state index in [0.29, 0.717) is 17.7 Å². The van der Waals surface area contributed by atoms with Crippen molar-refractivity contribution in [3.63, 3.8) is 0 Å². The zero-order chi connectivity index (χ0) is 19.6. The fourth-order valence-corrected chi connectivity index (χ4v) is 2.78. The number of ether oxygens (including phenoxy) is 2. The van der Waals surface area contributed by atoms with Crippen LogP contribution in [0.15, 0.2) is 36.5 Å². The highest BCUT2D eigenvalue weighted by molar-refractivity contribution is 5.77. The predicted octanol–water partition coefficient (Wildman–Crippen LogP) is 4.59. The smallest absolute Gasteiger partial charge is 0.302 e. The van der Waals surface area contributed by atoms with Gasteiger partial charge in [0.05, 0.1) is 12.7 Å². The summed E-state index contributed by atoms with van der Waals surface area (Å²) in [6.45, 7) is 1.36. The van der Waals surface area contributed by atoms with E-state index in [9.17, 15) is 14.0 Å². The second kappa shape index (κ2) is 10.4. The topological polar surface area (TPSA) is 65.5 Å². The van der Waals surface area contributed by atoms with Crippen LogP contribution >= 0.6 is 0 Å². The van der Waals surface area contributed by atoms with Gasteiger partial charge in [0.1, 0.15) is 11.9 Å². The molecule has 1 saturated carbocycles. The minimum absolute atomic E-state index is 0.0639. The minimum Gasteiger partial charge on any atom is -0.474 e. The van der Waals surface area contributed by atoms with E-state index in [1.54, 1.807) is 12.3 Å². The number of pyridine rings is 1. The third-order valence-electron chi connectivity index (χ3n) is 4.32. The van der Waals surface area contributed by atoms with Crippen LogP contribution in [-0.4, -0.2) is 30.5 Å². The second-order valence-electron chi connectivity index (χ2n) is 6.31. The number of aldehydes is 1. The van der Waals surface area contributed by atoms with Crippen LogP contribution in [0, 0.1) is 5.82 Å². The quantitative estimate of drug-likeness (QED) is 0.579. The molecule has 3 rings (SSSR count). The van der Waals surface area contributed by atoms with Crippen LogP contribution < -0.4 is 4.74 Å². The first-order valence-corrected chi connectivity index (χ1v) is 8.96. The maximum Gasteiger partial charge on any atom is 0.302 e. The maximum absolute atomic E-state index is 13.6. The van der Waals surface area contributed by atoms with Crippen LogP contribution in [0.3, 0.4) is 0 Å². The van der Waals surface area contributed by atoms with Crippen molar-refractivity contribution in [2.24, 2.45) is 0 Å². The summed E-state index contributed by atoms with van der Waals surface area (Å²) in [7, 11) is 1.35. The van der Waals surface area contributed by atoms with Crippen molar-refractivity contribution in [1.29, 1.82) is 0 Å². The summed E-state index contributed by atoms with van der Waals surface area (Å²) in [5.74, 6) is -0.152. The van der Waals surface area contributed by atoms with Crippen LogP contribution in [0.2, 0.25) is 0 Å². The highest BCUT2D eigenvalue weighted by atomic mass is 19.1. The molecule has 0 unspecified atom stereocenters. The van der Waals surface area contributed by atoms with Crippen molar-refractivity contribution in [2.45, 2.75) is 45.1 Å². The molecule has 1 aromatic carbocycles. The van der Waals surface area contributed by atoms with Crippen molar-refractivity contribution >= 4 is 12.3 Å². The molecule has 5 nitrogen and oxygen atoms in total. The van der Waals surface area contributed by atoms with Gasteiger partial charge in [-0.1, -0.05) is 12.5 Å². The number of methoxy groups -OCH3 is 1. The third kappa shape index (κ3) is 6.47. The van der Waals surface area contributed by atoms with E-state index in [0.717, 1.165) is 18.4 Å². The molecule has 0 N–H and O–H groups in total. The first-order valence-electron chi connectivity index (χ1n) is 8.96. The number of nitrogens with zero attached hydrogens (tertiary/aromatic N) is 1. The van der Waals surface area contributed by atoms with E-state index in [2.05, 4.69) is 9.72 Å². The molecule has 0 saturated heterocycles. The molecule has 27 heavy (non-hydrogen) atoms. The molecule has 0 radical (unpaired) electrons. The van der Waals surface area contributed by atoms with Gasteiger partial charge in [-0.25, -0.2) is 9.37 Å². The van der Waals surface area contributed by atoms with E-state index in [1.807, 2.05) is 12.1 Å². The molecule has 6 heteroatoms. The lowest BCUT2D eigenvalue weighted by Crippen LogP contribution is -2.20. The van der Waals surface area contributed by atoms with E-state index in [4.69, 9.17) is 4.74 Å². The first kappa shape index (κ1) is 20.6. The average Bonchev–Trinajstić information content (AvgIpc) is 2.70. The first-order chi connectivity index (χ1) is 13.0. The van der Waals surface area contributed by atoms with Crippen LogP contribution in [0.4, 0.5) is 4.39 Å². The van der Waals surface area contributed by atoms with Gasteiger partial charge in [-0.15, -0.1) is 0 Å². The van der Waals surface area contributed by atoms with Gasteiger partial charge < -0.3 is 9.47 Å². The number of carbonyl (C=O) groups is 2. The number of benzene rings is 1. The summed E-state index contributed by atoms with van der Waals surface area (Å²) in [6.07, 6.45) is 8.33. The monoisotopic (exact) mass is 373 g/mol. The predicted molar refractivity (Wildman–Crippen MR) is 100 cm³/mol. The molecule has 2 aromatic rings. The Morgan fingerprint density at radius 3 is 2.33 bits per heavy atom. The number of hydrogen-bond donors (Lipinski definition) is 0. The van der Waals surface area contributed by atoms with Crippen LogP contribution in [0.5, 0.6) is 5.88 Å². The third-order valence-corrected chi connectivity index (χ3v) is 4.32. The van der Waals surface area contributed by atoms with Crippen molar-refractivity contribution in [2.75, 3.05) is 7.11 Å². The lowest BCUT2D eigenvalue weighted by Gasteiger charge is -2.22. The molecule has 0 spiro atoms. The van der Waals surface area contributed by atoms with Crippen molar-refractivity contribution in [1.82, 2.24) is 4.98 Å². The summed E-state index contributed by atoms with van der Waals surface area (Å²) >= 11 is 0. The van der Waals surface area contributed by atoms with Gasteiger partial charge in [-0.3, -0.25) is 9.59 Å².